The first kappa shape index (κ1) is 21.3. The summed E-state index contributed by atoms with van der Waals surface area (Å²) in [6.07, 6.45) is 5.38. The van der Waals surface area contributed by atoms with Gasteiger partial charge in [0.25, 0.3) is 5.91 Å². The molecule has 4 rings (SSSR count). The van der Waals surface area contributed by atoms with Gasteiger partial charge in [-0.2, -0.15) is 0 Å². The standard InChI is InChI=1S/C22H18BrClN4O3/c23-16-3-6-19(18(24)9-16)31-17-4-1-14(2-5-17)10-27-21(30)22(7-8-22)28-20(29)15-11-25-13-26-12-15/h1-6,9,11-13H,7-8,10H2,(H,27,30)(H,28,29). The Bertz CT molecular complexity index is 1110. The van der Waals surface area contributed by atoms with Gasteiger partial charge in [0.1, 0.15) is 23.4 Å². The zero-order chi connectivity index (χ0) is 21.8. The number of ether oxygens (including phenoxy) is 1. The van der Waals surface area contributed by atoms with Gasteiger partial charge in [-0.15, -0.1) is 0 Å². The molecule has 0 spiro atoms. The Kier molecular flexibility index (Phi) is 6.20. The third kappa shape index (κ3) is 5.21. The molecule has 1 fully saturated rings. The molecular formula is C22H18BrClN4O3. The number of benzene rings is 2. The summed E-state index contributed by atoms with van der Waals surface area (Å²) in [4.78, 5) is 32.6. The molecule has 1 aliphatic carbocycles. The fraction of sp³-hybridized carbons (Fsp3) is 0.182. The van der Waals surface area contributed by atoms with E-state index in [9.17, 15) is 9.59 Å². The number of nitrogens with zero attached hydrogens (tertiary/aromatic N) is 2. The van der Waals surface area contributed by atoms with Crippen molar-refractivity contribution in [1.82, 2.24) is 20.6 Å². The summed E-state index contributed by atoms with van der Waals surface area (Å²) in [5.74, 6) is 0.623. The summed E-state index contributed by atoms with van der Waals surface area (Å²) in [6.45, 7) is 0.338. The van der Waals surface area contributed by atoms with E-state index in [1.165, 1.54) is 18.7 Å². The number of rotatable bonds is 7. The van der Waals surface area contributed by atoms with Crippen LogP contribution >= 0.6 is 27.5 Å². The molecule has 1 aromatic heterocycles. The zero-order valence-electron chi connectivity index (χ0n) is 16.3. The third-order valence-corrected chi connectivity index (χ3v) is 5.65. The van der Waals surface area contributed by atoms with Crippen molar-refractivity contribution < 1.29 is 14.3 Å². The first-order chi connectivity index (χ1) is 14.9. The monoisotopic (exact) mass is 500 g/mol. The van der Waals surface area contributed by atoms with Crippen molar-refractivity contribution in [1.29, 1.82) is 0 Å². The Morgan fingerprint density at radius 3 is 2.45 bits per heavy atom. The molecule has 0 atom stereocenters. The van der Waals surface area contributed by atoms with Gasteiger partial charge in [0.05, 0.1) is 10.6 Å². The molecule has 7 nitrogen and oxygen atoms in total. The molecule has 0 radical (unpaired) electrons. The van der Waals surface area contributed by atoms with Crippen molar-refractivity contribution in [2.24, 2.45) is 0 Å². The molecule has 0 saturated heterocycles. The van der Waals surface area contributed by atoms with E-state index in [4.69, 9.17) is 16.3 Å². The van der Waals surface area contributed by atoms with Crippen LogP contribution in [0.4, 0.5) is 0 Å². The molecule has 0 unspecified atom stereocenters. The number of aromatic nitrogens is 2. The van der Waals surface area contributed by atoms with Crippen LogP contribution in [0.3, 0.4) is 0 Å². The molecule has 0 bridgehead atoms. The Morgan fingerprint density at radius 2 is 1.81 bits per heavy atom. The van der Waals surface area contributed by atoms with Crippen LogP contribution < -0.4 is 15.4 Å². The highest BCUT2D eigenvalue weighted by molar-refractivity contribution is 9.10. The minimum Gasteiger partial charge on any atom is -0.456 e. The van der Waals surface area contributed by atoms with Gasteiger partial charge in [-0.1, -0.05) is 39.7 Å². The molecule has 1 heterocycles. The van der Waals surface area contributed by atoms with Gasteiger partial charge < -0.3 is 15.4 Å². The smallest absolute Gasteiger partial charge is 0.255 e. The normalized spacial score (nSPS) is 13.9. The van der Waals surface area contributed by atoms with Crippen molar-refractivity contribution in [3.05, 3.63) is 81.8 Å². The lowest BCUT2D eigenvalue weighted by atomic mass is 10.2. The molecule has 2 amide bonds. The average Bonchev–Trinajstić information content (AvgIpc) is 3.56. The van der Waals surface area contributed by atoms with Crippen LogP contribution in [-0.2, 0) is 11.3 Å². The molecule has 3 aromatic rings. The van der Waals surface area contributed by atoms with Gasteiger partial charge in [0.15, 0.2) is 0 Å². The van der Waals surface area contributed by atoms with Crippen molar-refractivity contribution in [2.45, 2.75) is 24.9 Å². The number of nitrogens with one attached hydrogen (secondary N) is 2. The van der Waals surface area contributed by atoms with Crippen molar-refractivity contribution in [3.8, 4) is 11.5 Å². The summed E-state index contributed by atoms with van der Waals surface area (Å²) >= 11 is 9.54. The minimum absolute atomic E-state index is 0.209. The third-order valence-electron chi connectivity index (χ3n) is 4.86. The van der Waals surface area contributed by atoms with Gasteiger partial charge in [-0.05, 0) is 48.7 Å². The second-order valence-electron chi connectivity index (χ2n) is 7.17. The van der Waals surface area contributed by atoms with E-state index in [-0.39, 0.29) is 11.8 Å². The van der Waals surface area contributed by atoms with Crippen molar-refractivity contribution in [2.75, 3.05) is 0 Å². The second kappa shape index (κ2) is 9.03. The minimum atomic E-state index is -0.867. The number of hydrogen-bond acceptors (Lipinski definition) is 5. The average molecular weight is 502 g/mol. The molecule has 158 valence electrons. The fourth-order valence-corrected chi connectivity index (χ4v) is 3.66. The fourth-order valence-electron chi connectivity index (χ4n) is 2.95. The highest BCUT2D eigenvalue weighted by Crippen LogP contribution is 2.36. The Balaban J connectivity index is 1.31. The van der Waals surface area contributed by atoms with Gasteiger partial charge in [0.2, 0.25) is 5.91 Å². The molecular weight excluding hydrogens is 484 g/mol. The van der Waals surface area contributed by atoms with Crippen LogP contribution in [0, 0.1) is 0 Å². The van der Waals surface area contributed by atoms with E-state index >= 15 is 0 Å². The van der Waals surface area contributed by atoms with Crippen LogP contribution in [0.2, 0.25) is 5.02 Å². The molecule has 31 heavy (non-hydrogen) atoms. The lowest BCUT2D eigenvalue weighted by Crippen LogP contribution is -2.48. The summed E-state index contributed by atoms with van der Waals surface area (Å²) in [6, 6.07) is 12.7. The summed E-state index contributed by atoms with van der Waals surface area (Å²) < 4.78 is 6.67. The van der Waals surface area contributed by atoms with Crippen LogP contribution in [0.1, 0.15) is 28.8 Å². The van der Waals surface area contributed by atoms with Crippen LogP contribution in [0.15, 0.2) is 65.7 Å². The van der Waals surface area contributed by atoms with Gasteiger partial charge in [-0.3, -0.25) is 9.59 Å². The number of amides is 2. The molecule has 0 aliphatic heterocycles. The van der Waals surface area contributed by atoms with Gasteiger partial charge in [-0.25, -0.2) is 9.97 Å². The predicted octanol–water partition coefficient (Wildman–Crippen LogP) is 4.26. The lowest BCUT2D eigenvalue weighted by molar-refractivity contribution is -0.124. The zero-order valence-corrected chi connectivity index (χ0v) is 18.6. The molecule has 9 heteroatoms. The van der Waals surface area contributed by atoms with Crippen LogP contribution in [-0.4, -0.2) is 27.3 Å². The highest BCUT2D eigenvalue weighted by atomic mass is 79.9. The lowest BCUT2D eigenvalue weighted by Gasteiger charge is -2.17. The maximum Gasteiger partial charge on any atom is 0.255 e. The van der Waals surface area contributed by atoms with Gasteiger partial charge in [0, 0.05) is 23.4 Å². The predicted molar refractivity (Wildman–Crippen MR) is 119 cm³/mol. The van der Waals surface area contributed by atoms with E-state index in [1.54, 1.807) is 12.1 Å². The molecule has 2 N–H and O–H groups in total. The number of hydrogen-bond donors (Lipinski definition) is 2. The Labute approximate surface area is 192 Å². The van der Waals surface area contributed by atoms with E-state index in [2.05, 4.69) is 36.5 Å². The van der Waals surface area contributed by atoms with Gasteiger partial charge >= 0.3 is 0 Å². The maximum absolute atomic E-state index is 12.6. The first-order valence-corrected chi connectivity index (χ1v) is 10.7. The molecule has 1 aliphatic rings. The molecule has 1 saturated carbocycles. The van der Waals surface area contributed by atoms with E-state index in [1.807, 2.05) is 30.3 Å². The Morgan fingerprint density at radius 1 is 1.10 bits per heavy atom. The largest absolute Gasteiger partial charge is 0.456 e. The first-order valence-electron chi connectivity index (χ1n) is 9.53. The maximum atomic E-state index is 12.6. The number of halogens is 2. The van der Waals surface area contributed by atoms with E-state index in [0.717, 1.165) is 10.0 Å². The highest BCUT2D eigenvalue weighted by Gasteiger charge is 2.51. The number of carbonyl (C=O) groups is 2. The summed E-state index contributed by atoms with van der Waals surface area (Å²) in [5.41, 5.74) is 0.359. The van der Waals surface area contributed by atoms with E-state index in [0.29, 0.717) is 41.5 Å². The number of carbonyl (C=O) groups excluding carboxylic acids is 2. The molecule has 2 aromatic carbocycles. The van der Waals surface area contributed by atoms with E-state index < -0.39 is 5.54 Å². The quantitative estimate of drug-likeness (QED) is 0.504. The van der Waals surface area contributed by atoms with Crippen molar-refractivity contribution in [3.63, 3.8) is 0 Å². The van der Waals surface area contributed by atoms with Crippen molar-refractivity contribution >= 4 is 39.3 Å². The Hall–Kier alpha value is -2.97. The van der Waals surface area contributed by atoms with Crippen LogP contribution in [0.25, 0.3) is 0 Å². The van der Waals surface area contributed by atoms with Crippen LogP contribution in [0.5, 0.6) is 11.5 Å². The summed E-state index contributed by atoms with van der Waals surface area (Å²) in [5, 5.41) is 6.19. The second-order valence-corrected chi connectivity index (χ2v) is 8.49. The topological polar surface area (TPSA) is 93.2 Å². The summed E-state index contributed by atoms with van der Waals surface area (Å²) in [7, 11) is 0. The SMILES string of the molecule is O=C(NC1(C(=O)NCc2ccc(Oc3ccc(Br)cc3Cl)cc2)CC1)c1cncnc1.